The van der Waals surface area contributed by atoms with Crippen molar-refractivity contribution in [2.24, 2.45) is 0 Å². The lowest BCUT2D eigenvalue weighted by Gasteiger charge is -2.25. The van der Waals surface area contributed by atoms with Crippen LogP contribution >= 0.6 is 11.3 Å². The van der Waals surface area contributed by atoms with Gasteiger partial charge in [-0.3, -0.25) is 4.90 Å². The second kappa shape index (κ2) is 11.3. The third kappa shape index (κ3) is 4.94. The van der Waals surface area contributed by atoms with E-state index in [0.29, 0.717) is 0 Å². The van der Waals surface area contributed by atoms with Crippen LogP contribution < -0.4 is 4.90 Å². The highest BCUT2D eigenvalue weighted by molar-refractivity contribution is 7.25. The lowest BCUT2D eigenvalue weighted by molar-refractivity contribution is 1.19. The average Bonchev–Trinajstić information content (AvgIpc) is 3.48. The van der Waals surface area contributed by atoms with Gasteiger partial charge in [0.05, 0.1) is 4.70 Å². The molecule has 0 saturated heterocycles. The smallest absolute Gasteiger partial charge is 0.138 e. The molecule has 208 valence electrons. The van der Waals surface area contributed by atoms with Gasteiger partial charge in [0.15, 0.2) is 0 Å². The lowest BCUT2D eigenvalue weighted by Crippen LogP contribution is -2.11. The molecular weight excluding hydrogens is 553 g/mol. The number of hydrogen-bond acceptors (Lipinski definition) is 3. The molecule has 8 aromatic rings. The molecule has 0 atom stereocenters. The molecule has 0 fully saturated rings. The third-order valence-electron chi connectivity index (χ3n) is 8.16. The number of benzene rings is 6. The van der Waals surface area contributed by atoms with Gasteiger partial charge in [-0.25, -0.2) is 4.98 Å². The minimum atomic E-state index is 0.897. The third-order valence-corrected chi connectivity index (χ3v) is 9.28. The molecule has 3 heteroatoms. The van der Waals surface area contributed by atoms with Gasteiger partial charge in [-0.1, -0.05) is 127 Å². The summed E-state index contributed by atoms with van der Waals surface area (Å²) in [4.78, 5) is 7.24. The van der Waals surface area contributed by atoms with Crippen molar-refractivity contribution in [3.8, 4) is 33.4 Å². The van der Waals surface area contributed by atoms with Crippen molar-refractivity contribution in [2.75, 3.05) is 4.90 Å². The summed E-state index contributed by atoms with van der Waals surface area (Å²) in [5.74, 6) is 0.897. The van der Waals surface area contributed by atoms with Gasteiger partial charge in [0, 0.05) is 33.0 Å². The number of fused-ring (bicyclic) bond motifs is 3. The first-order valence-electron chi connectivity index (χ1n) is 14.8. The van der Waals surface area contributed by atoms with E-state index in [-0.39, 0.29) is 0 Å². The van der Waals surface area contributed by atoms with Crippen molar-refractivity contribution in [1.29, 1.82) is 0 Å². The number of thiophene rings is 1. The minimum absolute atomic E-state index is 0.897. The van der Waals surface area contributed by atoms with Crippen LogP contribution in [0.1, 0.15) is 0 Å². The minimum Gasteiger partial charge on any atom is -0.295 e. The van der Waals surface area contributed by atoms with Crippen molar-refractivity contribution < 1.29 is 0 Å². The molecule has 0 radical (unpaired) electrons. The van der Waals surface area contributed by atoms with Gasteiger partial charge in [0.1, 0.15) is 5.82 Å². The van der Waals surface area contributed by atoms with Crippen molar-refractivity contribution in [3.63, 3.8) is 0 Å². The Morgan fingerprint density at radius 2 is 0.818 bits per heavy atom. The molecule has 2 heterocycles. The Morgan fingerprint density at radius 3 is 1.34 bits per heavy atom. The molecule has 0 aliphatic heterocycles. The topological polar surface area (TPSA) is 16.1 Å². The summed E-state index contributed by atoms with van der Waals surface area (Å²) in [6.45, 7) is 0. The van der Waals surface area contributed by atoms with Crippen LogP contribution in [0.5, 0.6) is 0 Å². The van der Waals surface area contributed by atoms with E-state index >= 15 is 0 Å². The quantitative estimate of drug-likeness (QED) is 0.194. The average molecular weight is 581 g/mol. The molecule has 0 unspecified atom stereocenters. The SMILES string of the molecule is c1ccc(-c2ccc(-c3ccc(N(c4ccc(-c5ccccc5)cc4)c4cc5c(cn4)sc4ccccc45)cc3)cc2)cc1. The Hall–Kier alpha value is -5.51. The highest BCUT2D eigenvalue weighted by Crippen LogP contribution is 2.40. The summed E-state index contributed by atoms with van der Waals surface area (Å²) >= 11 is 1.79. The predicted molar refractivity (Wildman–Crippen MR) is 188 cm³/mol. The van der Waals surface area contributed by atoms with Crippen LogP contribution in [0.25, 0.3) is 53.6 Å². The fourth-order valence-electron chi connectivity index (χ4n) is 5.88. The van der Waals surface area contributed by atoms with Gasteiger partial charge in [-0.05, 0) is 69.8 Å². The maximum absolute atomic E-state index is 4.99. The summed E-state index contributed by atoms with van der Waals surface area (Å²) in [7, 11) is 0. The standard InChI is InChI=1S/C41H28N2S/c1-3-9-29(10-4-1)31-15-17-32(18-16-31)34-21-25-36(26-22-34)43(35-23-19-33(20-24-35)30-11-5-2-6-12-30)41-27-38-37-13-7-8-14-39(37)44-40(38)28-42-41/h1-28H. The van der Waals surface area contributed by atoms with Crippen molar-refractivity contribution >= 4 is 48.7 Å². The van der Waals surface area contributed by atoms with E-state index in [1.165, 1.54) is 53.6 Å². The molecule has 0 N–H and O–H groups in total. The summed E-state index contributed by atoms with van der Waals surface area (Å²) in [5, 5.41) is 2.50. The Balaban J connectivity index is 1.18. The predicted octanol–water partition coefficient (Wildman–Crippen LogP) is 11.9. The van der Waals surface area contributed by atoms with E-state index < -0.39 is 0 Å². The first-order chi connectivity index (χ1) is 21.8. The molecule has 6 aromatic carbocycles. The second-order valence-corrected chi connectivity index (χ2v) is 12.0. The zero-order valence-corrected chi connectivity index (χ0v) is 24.8. The number of rotatable bonds is 6. The first kappa shape index (κ1) is 26.1. The van der Waals surface area contributed by atoms with Gasteiger partial charge >= 0.3 is 0 Å². The fraction of sp³-hybridized carbons (Fsp3) is 0. The van der Waals surface area contributed by atoms with Crippen LogP contribution in [0, 0.1) is 0 Å². The maximum atomic E-state index is 4.99. The van der Waals surface area contributed by atoms with Crippen LogP contribution in [-0.2, 0) is 0 Å². The molecule has 0 bridgehead atoms. The van der Waals surface area contributed by atoms with Crippen molar-refractivity contribution in [1.82, 2.24) is 4.98 Å². The monoisotopic (exact) mass is 580 g/mol. The van der Waals surface area contributed by atoms with E-state index in [1.807, 2.05) is 6.20 Å². The Morgan fingerprint density at radius 1 is 0.386 bits per heavy atom. The van der Waals surface area contributed by atoms with E-state index in [9.17, 15) is 0 Å². The number of anilines is 3. The largest absolute Gasteiger partial charge is 0.295 e. The summed E-state index contributed by atoms with van der Waals surface area (Å²) in [6, 6.07) is 58.2. The Kier molecular flexibility index (Phi) is 6.71. The van der Waals surface area contributed by atoms with E-state index in [2.05, 4.69) is 169 Å². The molecule has 0 spiro atoms. The van der Waals surface area contributed by atoms with Gasteiger partial charge in [0.25, 0.3) is 0 Å². The van der Waals surface area contributed by atoms with Gasteiger partial charge < -0.3 is 0 Å². The van der Waals surface area contributed by atoms with Crippen LogP contribution in [0.15, 0.2) is 170 Å². The normalized spacial score (nSPS) is 11.2. The lowest BCUT2D eigenvalue weighted by atomic mass is 10.00. The fourth-order valence-corrected chi connectivity index (χ4v) is 6.93. The summed E-state index contributed by atoms with van der Waals surface area (Å²) in [6.07, 6.45) is 2.02. The molecule has 44 heavy (non-hydrogen) atoms. The van der Waals surface area contributed by atoms with E-state index in [4.69, 9.17) is 4.98 Å². The zero-order chi connectivity index (χ0) is 29.3. The van der Waals surface area contributed by atoms with E-state index in [1.54, 1.807) is 11.3 Å². The van der Waals surface area contributed by atoms with Gasteiger partial charge in [-0.2, -0.15) is 0 Å². The molecule has 0 aliphatic rings. The molecule has 2 nitrogen and oxygen atoms in total. The number of aromatic nitrogens is 1. The molecular formula is C41H28N2S. The molecule has 2 aromatic heterocycles. The number of hydrogen-bond donors (Lipinski definition) is 0. The molecule has 0 aliphatic carbocycles. The molecule has 0 saturated carbocycles. The van der Waals surface area contributed by atoms with Crippen LogP contribution in [0.3, 0.4) is 0 Å². The summed E-state index contributed by atoms with van der Waals surface area (Å²) < 4.78 is 2.48. The highest BCUT2D eigenvalue weighted by Gasteiger charge is 2.16. The number of pyridine rings is 1. The highest BCUT2D eigenvalue weighted by atomic mass is 32.1. The van der Waals surface area contributed by atoms with Gasteiger partial charge in [0.2, 0.25) is 0 Å². The van der Waals surface area contributed by atoms with Gasteiger partial charge in [-0.15, -0.1) is 11.3 Å². The van der Waals surface area contributed by atoms with Crippen LogP contribution in [0.2, 0.25) is 0 Å². The Bertz CT molecular complexity index is 2180. The zero-order valence-electron chi connectivity index (χ0n) is 24.0. The van der Waals surface area contributed by atoms with Crippen molar-refractivity contribution in [3.05, 3.63) is 170 Å². The molecule has 8 rings (SSSR count). The number of nitrogens with zero attached hydrogens (tertiary/aromatic N) is 2. The van der Waals surface area contributed by atoms with Crippen LogP contribution in [-0.4, -0.2) is 4.98 Å². The second-order valence-electron chi connectivity index (χ2n) is 10.9. The van der Waals surface area contributed by atoms with E-state index in [0.717, 1.165) is 17.2 Å². The summed E-state index contributed by atoms with van der Waals surface area (Å²) in [5.41, 5.74) is 9.35. The van der Waals surface area contributed by atoms with Crippen LogP contribution in [0.4, 0.5) is 17.2 Å². The maximum Gasteiger partial charge on any atom is 0.138 e. The molecule has 0 amide bonds. The first-order valence-corrected chi connectivity index (χ1v) is 15.6. The van der Waals surface area contributed by atoms with Crippen molar-refractivity contribution in [2.45, 2.75) is 0 Å². The Labute approximate surface area is 261 Å².